The number of aromatic amines is 1. The number of carbonyl (C=O) groups excluding carboxylic acids is 2. The summed E-state index contributed by atoms with van der Waals surface area (Å²) >= 11 is 0. The number of hydrogen-bond acceptors (Lipinski definition) is 3. The van der Waals surface area contributed by atoms with Gasteiger partial charge in [0.25, 0.3) is 0 Å². The van der Waals surface area contributed by atoms with Gasteiger partial charge in [0, 0.05) is 18.9 Å². The van der Waals surface area contributed by atoms with Gasteiger partial charge >= 0.3 is 6.18 Å². The first-order valence-electron chi connectivity index (χ1n) is 9.40. The van der Waals surface area contributed by atoms with Crippen LogP contribution in [-0.2, 0) is 22.7 Å². The average Bonchev–Trinajstić information content (AvgIpc) is 3.04. The molecular weight excluding hydrogens is 392 g/mol. The highest BCUT2D eigenvalue weighted by atomic mass is 19.4. The molecule has 158 valence electrons. The molecule has 1 aliphatic carbocycles. The molecule has 2 unspecified atom stereocenters. The number of imidazole rings is 1. The maximum atomic E-state index is 12.7. The monoisotopic (exact) mass is 414 g/mol. The van der Waals surface area contributed by atoms with E-state index in [-0.39, 0.29) is 30.8 Å². The second kappa shape index (κ2) is 8.79. The number of fused-ring (bicyclic) bond motifs is 1. The molecule has 29 heavy (non-hydrogen) atoms. The van der Waals surface area contributed by atoms with Crippen molar-refractivity contribution in [1.29, 1.82) is 0 Å². The summed E-state index contributed by atoms with van der Waals surface area (Å²) in [5, 5.41) is 5.22. The number of rotatable bonds is 8. The molecule has 1 aromatic carbocycles. The first kappa shape index (κ1) is 21.1. The fraction of sp³-hybridized carbons (Fsp3) is 0.526. The maximum absolute atomic E-state index is 12.7. The molecule has 0 spiro atoms. The number of halogens is 4. The Hall–Kier alpha value is -2.65. The second-order valence-electron chi connectivity index (χ2n) is 7.24. The molecule has 1 fully saturated rings. The van der Waals surface area contributed by atoms with E-state index in [1.54, 1.807) is 18.2 Å². The fourth-order valence-electron chi connectivity index (χ4n) is 3.25. The molecule has 3 N–H and O–H groups in total. The van der Waals surface area contributed by atoms with Gasteiger partial charge in [-0.2, -0.15) is 13.2 Å². The Bertz CT molecular complexity index is 879. The predicted molar refractivity (Wildman–Crippen MR) is 97.3 cm³/mol. The molecule has 1 heterocycles. The number of carbonyl (C=O) groups is 2. The van der Waals surface area contributed by atoms with E-state index in [2.05, 4.69) is 20.6 Å². The van der Waals surface area contributed by atoms with Gasteiger partial charge in [0.1, 0.15) is 5.82 Å². The van der Waals surface area contributed by atoms with Crippen LogP contribution in [0.1, 0.15) is 37.1 Å². The van der Waals surface area contributed by atoms with Gasteiger partial charge in [0.05, 0.1) is 30.7 Å². The first-order chi connectivity index (χ1) is 13.7. The summed E-state index contributed by atoms with van der Waals surface area (Å²) in [4.78, 5) is 31.0. The van der Waals surface area contributed by atoms with Gasteiger partial charge < -0.3 is 15.6 Å². The number of hydrogen-bond donors (Lipinski definition) is 3. The van der Waals surface area contributed by atoms with Crippen molar-refractivity contribution in [1.82, 2.24) is 20.6 Å². The molecular formula is C19H22F4N4O2. The molecule has 10 heteroatoms. The molecule has 0 saturated heterocycles. The standard InChI is InChI=1S/C19H22F4N4O2/c20-8-12-2-3-13(12)18(29)25-10-16-26-14-4-1-11(7-15(14)27-16)9-24-17(28)5-6-19(21,22)23/h1,4,7,12-13H,2-3,5-6,8-10H2,(H,24,28)(H,25,29)(H,26,27). The van der Waals surface area contributed by atoms with E-state index in [0.29, 0.717) is 28.8 Å². The molecule has 0 aliphatic heterocycles. The van der Waals surface area contributed by atoms with Gasteiger partial charge in [-0.05, 0) is 36.5 Å². The topological polar surface area (TPSA) is 86.9 Å². The molecule has 1 aromatic heterocycles. The molecule has 1 aliphatic rings. The minimum atomic E-state index is -4.36. The van der Waals surface area contributed by atoms with Crippen LogP contribution in [0.15, 0.2) is 18.2 Å². The lowest BCUT2D eigenvalue weighted by Crippen LogP contribution is -2.41. The van der Waals surface area contributed by atoms with E-state index >= 15 is 0 Å². The van der Waals surface area contributed by atoms with Crippen LogP contribution in [0.5, 0.6) is 0 Å². The van der Waals surface area contributed by atoms with Crippen molar-refractivity contribution in [2.45, 2.75) is 44.9 Å². The largest absolute Gasteiger partial charge is 0.389 e. The summed E-state index contributed by atoms with van der Waals surface area (Å²) in [5.74, 6) is -0.785. The van der Waals surface area contributed by atoms with E-state index in [1.165, 1.54) is 0 Å². The van der Waals surface area contributed by atoms with Crippen LogP contribution >= 0.6 is 0 Å². The summed E-state index contributed by atoms with van der Waals surface area (Å²) in [6.07, 6.45) is -4.69. The zero-order valence-corrected chi connectivity index (χ0v) is 15.6. The van der Waals surface area contributed by atoms with Gasteiger partial charge in [-0.25, -0.2) is 4.98 Å². The van der Waals surface area contributed by atoms with Crippen molar-refractivity contribution in [2.75, 3.05) is 6.67 Å². The third-order valence-electron chi connectivity index (χ3n) is 5.10. The molecule has 2 aromatic rings. The minimum Gasteiger partial charge on any atom is -0.352 e. The Morgan fingerprint density at radius 1 is 1.17 bits per heavy atom. The molecule has 6 nitrogen and oxygen atoms in total. The lowest BCUT2D eigenvalue weighted by atomic mass is 9.74. The van der Waals surface area contributed by atoms with E-state index < -0.39 is 31.6 Å². The summed E-state index contributed by atoms with van der Waals surface area (Å²) in [7, 11) is 0. The Labute approximate surface area is 164 Å². The Balaban J connectivity index is 1.51. The molecule has 3 rings (SSSR count). The van der Waals surface area contributed by atoms with Crippen LogP contribution in [0.25, 0.3) is 11.0 Å². The Morgan fingerprint density at radius 2 is 1.97 bits per heavy atom. The van der Waals surface area contributed by atoms with Crippen molar-refractivity contribution in [3.05, 3.63) is 29.6 Å². The van der Waals surface area contributed by atoms with Gasteiger partial charge in [0.2, 0.25) is 11.8 Å². The third kappa shape index (κ3) is 5.68. The minimum absolute atomic E-state index is 0.101. The van der Waals surface area contributed by atoms with Crippen LogP contribution in [0, 0.1) is 11.8 Å². The molecule has 2 atom stereocenters. The van der Waals surface area contributed by atoms with Gasteiger partial charge in [-0.3, -0.25) is 14.0 Å². The zero-order chi connectivity index (χ0) is 21.0. The zero-order valence-electron chi connectivity index (χ0n) is 15.6. The van der Waals surface area contributed by atoms with E-state index in [1.807, 2.05) is 0 Å². The number of benzene rings is 1. The number of nitrogens with one attached hydrogen (secondary N) is 3. The number of nitrogens with zero attached hydrogens (tertiary/aromatic N) is 1. The van der Waals surface area contributed by atoms with Crippen molar-refractivity contribution < 1.29 is 27.2 Å². The normalized spacial score (nSPS) is 19.0. The number of amides is 2. The third-order valence-corrected chi connectivity index (χ3v) is 5.10. The SMILES string of the molecule is O=C(CCC(F)(F)F)NCc1ccc2nc(CNC(=O)C3CCC3CF)[nH]c2c1. The van der Waals surface area contributed by atoms with Crippen LogP contribution in [0.4, 0.5) is 17.6 Å². The fourth-order valence-corrected chi connectivity index (χ4v) is 3.25. The molecule has 2 amide bonds. The Kier molecular flexibility index (Phi) is 6.39. The smallest absolute Gasteiger partial charge is 0.352 e. The quantitative estimate of drug-likeness (QED) is 0.580. The van der Waals surface area contributed by atoms with Crippen molar-refractivity contribution in [3.8, 4) is 0 Å². The van der Waals surface area contributed by atoms with Crippen LogP contribution in [-0.4, -0.2) is 34.6 Å². The summed E-state index contributed by atoms with van der Waals surface area (Å²) in [6.45, 7) is -0.200. The summed E-state index contributed by atoms with van der Waals surface area (Å²) in [6, 6.07) is 5.18. The maximum Gasteiger partial charge on any atom is 0.389 e. The van der Waals surface area contributed by atoms with Crippen LogP contribution in [0.3, 0.4) is 0 Å². The number of aromatic nitrogens is 2. The van der Waals surface area contributed by atoms with Gasteiger partial charge in [-0.1, -0.05) is 6.07 Å². The summed E-state index contributed by atoms with van der Waals surface area (Å²) in [5.41, 5.74) is 2.05. The molecule has 0 bridgehead atoms. The van der Waals surface area contributed by atoms with Crippen LogP contribution in [0.2, 0.25) is 0 Å². The number of alkyl halides is 4. The first-order valence-corrected chi connectivity index (χ1v) is 9.40. The second-order valence-corrected chi connectivity index (χ2v) is 7.24. The predicted octanol–water partition coefficient (Wildman–Crippen LogP) is 3.13. The van der Waals surface area contributed by atoms with Gasteiger partial charge in [-0.15, -0.1) is 0 Å². The van der Waals surface area contributed by atoms with Crippen molar-refractivity contribution in [2.24, 2.45) is 11.8 Å². The molecule has 0 radical (unpaired) electrons. The average molecular weight is 414 g/mol. The van der Waals surface area contributed by atoms with Crippen molar-refractivity contribution >= 4 is 22.8 Å². The lowest BCUT2D eigenvalue weighted by molar-refractivity contribution is -0.144. The van der Waals surface area contributed by atoms with Crippen molar-refractivity contribution in [3.63, 3.8) is 0 Å². The van der Waals surface area contributed by atoms with Crippen LogP contribution < -0.4 is 10.6 Å². The van der Waals surface area contributed by atoms with Gasteiger partial charge in [0.15, 0.2) is 0 Å². The Morgan fingerprint density at radius 3 is 2.62 bits per heavy atom. The highest BCUT2D eigenvalue weighted by Crippen LogP contribution is 2.34. The highest BCUT2D eigenvalue weighted by molar-refractivity contribution is 5.80. The molecule has 1 saturated carbocycles. The lowest BCUT2D eigenvalue weighted by Gasteiger charge is -2.33. The summed E-state index contributed by atoms with van der Waals surface area (Å²) < 4.78 is 49.1. The number of H-pyrrole nitrogens is 1. The van der Waals surface area contributed by atoms with E-state index in [4.69, 9.17) is 0 Å². The van der Waals surface area contributed by atoms with E-state index in [0.717, 1.165) is 6.42 Å². The highest BCUT2D eigenvalue weighted by Gasteiger charge is 2.36. The van der Waals surface area contributed by atoms with E-state index in [9.17, 15) is 27.2 Å².